The third kappa shape index (κ3) is 9.87. The predicted molar refractivity (Wildman–Crippen MR) is 198 cm³/mol. The van der Waals surface area contributed by atoms with E-state index in [0.29, 0.717) is 40.7 Å². The van der Waals surface area contributed by atoms with Crippen LogP contribution in [0.5, 0.6) is 0 Å². The van der Waals surface area contributed by atoms with Crippen molar-refractivity contribution in [3.8, 4) is 22.5 Å². The SMILES string of the molecule is CCN(CC)c1ccc2c(-c3ccc(S(=O)(=O)NCCCCOC(=O)NCCOC(C)=O)cc3S(=O)(=O)O)c3ccc(=[N+](CC)CC)cc-3oc2c1. The molecule has 2 aliphatic rings. The molecule has 0 fully saturated rings. The van der Waals surface area contributed by atoms with Crippen LogP contribution in [0.3, 0.4) is 0 Å². The molecule has 1 amide bonds. The van der Waals surface area contributed by atoms with Gasteiger partial charge in [-0.15, -0.1) is 0 Å². The monoisotopic (exact) mass is 759 g/mol. The number of nitrogens with one attached hydrogen (secondary N) is 2. The Morgan fingerprint density at radius 3 is 2.21 bits per heavy atom. The summed E-state index contributed by atoms with van der Waals surface area (Å²) in [4.78, 5) is 23.7. The Labute approximate surface area is 304 Å². The number of alkyl carbamates (subject to hydrolysis) is 1. The van der Waals surface area contributed by atoms with E-state index in [1.807, 2.05) is 64.1 Å². The van der Waals surface area contributed by atoms with Gasteiger partial charge in [-0.1, -0.05) is 6.07 Å². The van der Waals surface area contributed by atoms with Gasteiger partial charge < -0.3 is 24.1 Å². The lowest BCUT2D eigenvalue weighted by Gasteiger charge is -2.22. The number of esters is 1. The average molecular weight is 760 g/mol. The molecule has 3 N–H and O–H groups in total. The second-order valence-corrected chi connectivity index (χ2v) is 15.0. The number of rotatable bonds is 17. The lowest BCUT2D eigenvalue weighted by Crippen LogP contribution is -2.29. The third-order valence-electron chi connectivity index (χ3n) is 8.53. The number of carbonyl (C=O) groups is 2. The molecule has 1 aliphatic carbocycles. The van der Waals surface area contributed by atoms with Gasteiger partial charge in [0.05, 0.1) is 24.1 Å². The van der Waals surface area contributed by atoms with Gasteiger partial charge in [0.25, 0.3) is 10.1 Å². The van der Waals surface area contributed by atoms with E-state index in [1.165, 1.54) is 19.1 Å². The Kier molecular flexibility index (Phi) is 13.8. The van der Waals surface area contributed by atoms with Crippen molar-refractivity contribution in [1.29, 1.82) is 0 Å². The largest absolute Gasteiger partial charge is 0.464 e. The van der Waals surface area contributed by atoms with Crippen LogP contribution in [0.1, 0.15) is 47.5 Å². The van der Waals surface area contributed by atoms with Gasteiger partial charge in [0.15, 0.2) is 0 Å². The van der Waals surface area contributed by atoms with Crippen LogP contribution in [0.4, 0.5) is 10.5 Å². The molecule has 0 saturated carbocycles. The van der Waals surface area contributed by atoms with E-state index >= 15 is 0 Å². The van der Waals surface area contributed by atoms with Crippen LogP contribution in [0.25, 0.3) is 33.4 Å². The molecule has 0 atom stereocenters. The Balaban J connectivity index is 1.67. The van der Waals surface area contributed by atoms with Crippen LogP contribution in [0.2, 0.25) is 0 Å². The first kappa shape index (κ1) is 40.3. The van der Waals surface area contributed by atoms with E-state index in [-0.39, 0.29) is 36.8 Å². The second-order valence-electron chi connectivity index (χ2n) is 11.8. The van der Waals surface area contributed by atoms with Gasteiger partial charge in [0, 0.05) is 66.5 Å². The molecule has 16 heteroatoms. The minimum atomic E-state index is -4.93. The Morgan fingerprint density at radius 1 is 0.846 bits per heavy atom. The van der Waals surface area contributed by atoms with Gasteiger partial charge in [-0.05, 0) is 70.9 Å². The number of carbonyl (C=O) groups excluding carboxylic acids is 2. The van der Waals surface area contributed by atoms with Crippen LogP contribution in [0, 0.1) is 0 Å². The van der Waals surface area contributed by atoms with Crippen LogP contribution >= 0.6 is 0 Å². The number of hydrogen-bond donors (Lipinski definition) is 3. The molecular weight excluding hydrogens is 713 g/mol. The zero-order valence-corrected chi connectivity index (χ0v) is 31.7. The van der Waals surface area contributed by atoms with Gasteiger partial charge in [-0.25, -0.2) is 22.5 Å². The van der Waals surface area contributed by atoms with Gasteiger partial charge >= 0.3 is 12.1 Å². The lowest BCUT2D eigenvalue weighted by atomic mass is 9.93. The molecule has 0 unspecified atom stereocenters. The number of ether oxygens (including phenoxy) is 2. The smallest absolute Gasteiger partial charge is 0.407 e. The van der Waals surface area contributed by atoms with E-state index in [9.17, 15) is 31.0 Å². The summed E-state index contributed by atoms with van der Waals surface area (Å²) in [6.07, 6.45) is -0.0632. The van der Waals surface area contributed by atoms with Crippen LogP contribution in [-0.4, -0.2) is 85.9 Å². The van der Waals surface area contributed by atoms with Crippen molar-refractivity contribution in [3.05, 3.63) is 60.0 Å². The highest BCUT2D eigenvalue weighted by molar-refractivity contribution is 7.89. The van der Waals surface area contributed by atoms with Crippen molar-refractivity contribution in [3.63, 3.8) is 0 Å². The zero-order valence-electron chi connectivity index (χ0n) is 30.1. The summed E-state index contributed by atoms with van der Waals surface area (Å²) in [7, 11) is -9.14. The molecule has 2 aromatic carbocycles. The third-order valence-corrected chi connectivity index (χ3v) is 10.9. The van der Waals surface area contributed by atoms with Gasteiger partial charge in [-0.3, -0.25) is 9.35 Å². The predicted octanol–water partition coefficient (Wildman–Crippen LogP) is 4.46. The van der Waals surface area contributed by atoms with Gasteiger partial charge in [0.2, 0.25) is 15.4 Å². The molecule has 0 spiro atoms. The first-order valence-electron chi connectivity index (χ1n) is 17.2. The van der Waals surface area contributed by atoms with Crippen molar-refractivity contribution in [2.24, 2.45) is 0 Å². The van der Waals surface area contributed by atoms with Gasteiger partial charge in [-0.2, -0.15) is 8.42 Å². The van der Waals surface area contributed by atoms with Crippen molar-refractivity contribution < 1.29 is 44.9 Å². The topological polar surface area (TPSA) is 185 Å². The maximum atomic E-state index is 13.3. The maximum absolute atomic E-state index is 13.3. The lowest BCUT2D eigenvalue weighted by molar-refractivity contribution is -0.140. The Morgan fingerprint density at radius 2 is 1.56 bits per heavy atom. The Bertz CT molecular complexity index is 2160. The second kappa shape index (κ2) is 17.8. The van der Waals surface area contributed by atoms with Crippen LogP contribution < -0.4 is 24.9 Å². The van der Waals surface area contributed by atoms with Crippen molar-refractivity contribution in [1.82, 2.24) is 14.6 Å². The minimum absolute atomic E-state index is 0.0103. The molecule has 0 radical (unpaired) electrons. The summed E-state index contributed by atoms with van der Waals surface area (Å²) in [5.74, 6) is 0.0262. The standard InChI is InChI=1S/C36H46N4O10S2/c1-6-39(7-2)26-12-15-29-32(22-26)50-33-23-27(40(8-3)9-4)13-16-30(33)35(29)31-17-14-28(24-34(31)52(45,46)47)51(43,44)38-18-10-11-20-49-36(42)37-19-21-48-25(5)41/h12-17,22-24,38H,6-11,18-21H2,1-5H3,(H-,37,42,45,46,47)/p+1. The molecule has 14 nitrogen and oxygen atoms in total. The van der Waals surface area contributed by atoms with Crippen molar-refractivity contribution in [2.45, 2.75) is 57.3 Å². The normalized spacial score (nSPS) is 11.8. The number of unbranched alkanes of at least 4 members (excludes halogenated alkanes) is 1. The number of amides is 1. The fourth-order valence-corrected chi connectivity index (χ4v) is 7.80. The molecule has 0 aromatic heterocycles. The summed E-state index contributed by atoms with van der Waals surface area (Å²) in [5.41, 5.74) is 2.57. The van der Waals surface area contributed by atoms with E-state index in [4.69, 9.17) is 13.9 Å². The zero-order chi connectivity index (χ0) is 38.1. The molecule has 0 saturated heterocycles. The summed E-state index contributed by atoms with van der Waals surface area (Å²) < 4.78 is 83.8. The highest BCUT2D eigenvalue weighted by atomic mass is 32.2. The fraction of sp³-hybridized carbons (Fsp3) is 0.417. The number of sulfonamides is 1. The summed E-state index contributed by atoms with van der Waals surface area (Å²) >= 11 is 0. The number of hydrogen-bond acceptors (Lipinski definition) is 10. The Hall–Kier alpha value is -4.51. The first-order chi connectivity index (χ1) is 24.7. The first-order valence-corrected chi connectivity index (χ1v) is 20.1. The van der Waals surface area contributed by atoms with Gasteiger partial charge in [0.1, 0.15) is 35.9 Å². The molecule has 0 bridgehead atoms. The van der Waals surface area contributed by atoms with E-state index in [2.05, 4.69) is 19.5 Å². The number of nitrogens with zero attached hydrogens (tertiary/aromatic N) is 2. The van der Waals surface area contributed by atoms with E-state index < -0.39 is 37.1 Å². The molecular formula is C36H47N4O10S2+. The quantitative estimate of drug-likeness (QED) is 0.0454. The molecule has 2 aromatic rings. The molecule has 52 heavy (non-hydrogen) atoms. The van der Waals surface area contributed by atoms with Crippen molar-refractivity contribution in [2.75, 3.05) is 57.4 Å². The molecule has 1 aliphatic heterocycles. The molecule has 282 valence electrons. The summed E-state index contributed by atoms with van der Waals surface area (Å²) in [5, 5.41) is 3.92. The summed E-state index contributed by atoms with van der Waals surface area (Å²) in [6.45, 7) is 12.6. The van der Waals surface area contributed by atoms with E-state index in [0.717, 1.165) is 43.3 Å². The fourth-order valence-electron chi connectivity index (χ4n) is 5.90. The number of benzene rings is 3. The maximum Gasteiger partial charge on any atom is 0.407 e. The highest BCUT2D eigenvalue weighted by Gasteiger charge is 2.27. The molecule has 1 heterocycles. The summed E-state index contributed by atoms with van der Waals surface area (Å²) in [6, 6.07) is 15.0. The van der Waals surface area contributed by atoms with Crippen LogP contribution in [0.15, 0.2) is 68.8 Å². The van der Waals surface area contributed by atoms with Crippen LogP contribution in [-0.2, 0) is 34.4 Å². The number of fused-ring (bicyclic) bond motifs is 2. The van der Waals surface area contributed by atoms with Crippen molar-refractivity contribution >= 4 is 48.9 Å². The average Bonchev–Trinajstić information content (AvgIpc) is 3.10. The highest BCUT2D eigenvalue weighted by Crippen LogP contribution is 2.43. The van der Waals surface area contributed by atoms with E-state index in [1.54, 1.807) is 0 Å². The number of anilines is 1. The minimum Gasteiger partial charge on any atom is -0.464 e. The molecule has 4 rings (SSSR count).